The van der Waals surface area contributed by atoms with Gasteiger partial charge in [0.2, 0.25) is 0 Å². The van der Waals surface area contributed by atoms with E-state index in [9.17, 15) is 25.0 Å². The van der Waals surface area contributed by atoms with Crippen LogP contribution in [0.4, 0.5) is 0 Å². The lowest BCUT2D eigenvalue weighted by molar-refractivity contribution is -0.877. The number of aliphatic hydroxyl groups excluding tert-OH is 1. The van der Waals surface area contributed by atoms with Gasteiger partial charge in [0, 0.05) is 23.5 Å². The van der Waals surface area contributed by atoms with Crippen LogP contribution in [0.15, 0.2) is 23.3 Å². The van der Waals surface area contributed by atoms with Crippen molar-refractivity contribution in [3.05, 3.63) is 28.5 Å². The van der Waals surface area contributed by atoms with Crippen molar-refractivity contribution in [2.75, 3.05) is 26.3 Å². The highest BCUT2D eigenvalue weighted by Gasteiger charge is 2.51. The summed E-state index contributed by atoms with van der Waals surface area (Å²) in [5.74, 6) is -2.27. The first kappa shape index (κ1) is 19.0. The molecule has 144 valence electrons. The fourth-order valence-corrected chi connectivity index (χ4v) is 4.08. The molecule has 3 heterocycles. The summed E-state index contributed by atoms with van der Waals surface area (Å²) in [5.41, 5.74) is -1.25. The van der Waals surface area contributed by atoms with E-state index in [1.54, 1.807) is 26.0 Å². The highest BCUT2D eigenvalue weighted by Crippen LogP contribution is 2.39. The molecule has 0 aliphatic carbocycles. The van der Waals surface area contributed by atoms with E-state index in [1.165, 1.54) is 0 Å². The van der Waals surface area contributed by atoms with E-state index in [0.29, 0.717) is 18.5 Å². The first-order valence-electron chi connectivity index (χ1n) is 8.88. The molecule has 26 heavy (non-hydrogen) atoms. The number of carbonyl (C=O) groups excluding carboxylic acids is 2. The minimum atomic E-state index is -2.13. The average molecular weight is 367 g/mol. The van der Waals surface area contributed by atoms with Crippen molar-refractivity contribution in [3.8, 4) is 0 Å². The number of hydrogen-bond donors (Lipinski definition) is 2. The van der Waals surface area contributed by atoms with Gasteiger partial charge in [-0.2, -0.15) is 0 Å². The Bertz CT molecular complexity index is 672. The molecular formula is C18H25NO7. The van der Waals surface area contributed by atoms with E-state index in [1.807, 2.05) is 0 Å². The average Bonchev–Trinajstić information content (AvgIpc) is 3.11. The zero-order valence-electron chi connectivity index (χ0n) is 15.0. The fraction of sp³-hybridized carbons (Fsp3) is 0.667. The Kier molecular flexibility index (Phi) is 4.96. The second-order valence-electron chi connectivity index (χ2n) is 7.39. The summed E-state index contributed by atoms with van der Waals surface area (Å²) >= 11 is 0. The monoisotopic (exact) mass is 367 g/mol. The predicted molar refractivity (Wildman–Crippen MR) is 90.3 cm³/mol. The molecular weight excluding hydrogens is 342 g/mol. The molecule has 2 N–H and O–H groups in total. The number of hydrogen-bond acceptors (Lipinski definition) is 7. The van der Waals surface area contributed by atoms with Gasteiger partial charge in [0.15, 0.2) is 17.7 Å². The lowest BCUT2D eigenvalue weighted by Gasteiger charge is -2.41. The molecule has 8 nitrogen and oxygen atoms in total. The molecule has 0 aromatic heterocycles. The number of ether oxygens (including phenoxy) is 2. The van der Waals surface area contributed by atoms with Gasteiger partial charge in [-0.25, -0.2) is 9.59 Å². The molecule has 2 saturated heterocycles. The second-order valence-corrected chi connectivity index (χ2v) is 7.39. The second kappa shape index (κ2) is 6.77. The third kappa shape index (κ3) is 2.96. The smallest absolute Gasteiger partial charge is 0.341 e. The Morgan fingerprint density at radius 1 is 1.46 bits per heavy atom. The van der Waals surface area contributed by atoms with E-state index in [0.717, 1.165) is 0 Å². The molecule has 3 aliphatic heterocycles. The van der Waals surface area contributed by atoms with Crippen molar-refractivity contribution in [1.29, 1.82) is 0 Å². The minimum absolute atomic E-state index is 0.0406. The Balaban J connectivity index is 1.96. The summed E-state index contributed by atoms with van der Waals surface area (Å²) in [4.78, 5) is 25.0. The number of aliphatic hydroxyl groups is 2. The van der Waals surface area contributed by atoms with Gasteiger partial charge in [0.05, 0.1) is 19.7 Å². The van der Waals surface area contributed by atoms with E-state index in [2.05, 4.69) is 0 Å². The summed E-state index contributed by atoms with van der Waals surface area (Å²) in [6.45, 7) is 2.81. The SMILES string of the molecule is C/C=C1\C[C@H](C)[C@](O)(CO)C(=O)OCC2=CC[N+]3([O-])CC[C@@H](OC1=O)[C@@H]23. The van der Waals surface area contributed by atoms with Gasteiger partial charge >= 0.3 is 11.9 Å². The van der Waals surface area contributed by atoms with Crippen LogP contribution in [0, 0.1) is 11.1 Å². The largest absolute Gasteiger partial charge is 0.632 e. The highest BCUT2D eigenvalue weighted by atomic mass is 16.6. The molecule has 0 radical (unpaired) electrons. The number of allylic oxidation sites excluding steroid dienone is 1. The van der Waals surface area contributed by atoms with Crippen LogP contribution < -0.4 is 0 Å². The van der Waals surface area contributed by atoms with Crippen LogP contribution in [0.2, 0.25) is 0 Å². The Morgan fingerprint density at radius 3 is 2.85 bits per heavy atom. The Labute approximate surface area is 151 Å². The summed E-state index contributed by atoms with van der Waals surface area (Å²) < 4.78 is 10.4. The predicted octanol–water partition coefficient (Wildman–Crippen LogP) is 0.178. The molecule has 0 amide bonds. The fourth-order valence-electron chi connectivity index (χ4n) is 4.08. The van der Waals surface area contributed by atoms with Crippen molar-refractivity contribution in [1.82, 2.24) is 0 Å². The number of quaternary nitrogens is 1. The van der Waals surface area contributed by atoms with E-state index >= 15 is 0 Å². The Morgan fingerprint density at radius 2 is 2.19 bits per heavy atom. The molecule has 0 saturated carbocycles. The van der Waals surface area contributed by atoms with Crippen molar-refractivity contribution >= 4 is 11.9 Å². The summed E-state index contributed by atoms with van der Waals surface area (Å²) in [6.07, 6.45) is 3.22. The number of esters is 2. The first-order valence-corrected chi connectivity index (χ1v) is 8.88. The van der Waals surface area contributed by atoms with Gasteiger partial charge in [-0.1, -0.05) is 13.0 Å². The lowest BCUT2D eigenvalue weighted by atomic mass is 9.84. The summed E-state index contributed by atoms with van der Waals surface area (Å²) in [5, 5.41) is 33.1. The number of rotatable bonds is 1. The molecule has 8 heteroatoms. The van der Waals surface area contributed by atoms with Crippen molar-refractivity contribution in [2.24, 2.45) is 5.92 Å². The molecule has 0 aromatic rings. The topological polar surface area (TPSA) is 116 Å². The normalized spacial score (nSPS) is 42.4. The molecule has 2 fully saturated rings. The quantitative estimate of drug-likeness (QED) is 0.223. The summed E-state index contributed by atoms with van der Waals surface area (Å²) in [7, 11) is 0. The maximum absolute atomic E-state index is 12.9. The van der Waals surface area contributed by atoms with Crippen molar-refractivity contribution in [3.63, 3.8) is 0 Å². The van der Waals surface area contributed by atoms with Gasteiger partial charge < -0.3 is 29.5 Å². The Hall–Kier alpha value is -1.74. The van der Waals surface area contributed by atoms with Crippen molar-refractivity contribution in [2.45, 2.75) is 44.4 Å². The van der Waals surface area contributed by atoms with Crippen LogP contribution >= 0.6 is 0 Å². The zero-order chi connectivity index (χ0) is 19.1. The molecule has 1 unspecified atom stereocenters. The highest BCUT2D eigenvalue weighted by molar-refractivity contribution is 5.89. The standard InChI is InChI=1S/C18H25NO7/c1-3-12-8-11(2)18(23,10-20)17(22)25-9-13-4-6-19(24)7-5-14(15(13)19)26-16(12)21/h3-4,11,14-15,20,23H,5-10H2,1-2H3/b12-3+/t11-,14+,15+,18+,19?/m0/s1. The van der Waals surface area contributed by atoms with Gasteiger partial charge in [-0.3, -0.25) is 0 Å². The molecule has 3 rings (SSSR count). The van der Waals surface area contributed by atoms with Gasteiger partial charge in [0.1, 0.15) is 6.61 Å². The van der Waals surface area contributed by atoms with Crippen LogP contribution in [0.3, 0.4) is 0 Å². The van der Waals surface area contributed by atoms with Gasteiger partial charge in [0.25, 0.3) is 0 Å². The molecule has 5 atom stereocenters. The third-order valence-corrected chi connectivity index (χ3v) is 5.87. The number of nitrogens with zero attached hydrogens (tertiary/aromatic N) is 1. The zero-order valence-corrected chi connectivity index (χ0v) is 15.0. The van der Waals surface area contributed by atoms with Crippen molar-refractivity contribution < 1.29 is 33.9 Å². The van der Waals surface area contributed by atoms with Crippen LogP contribution in [-0.4, -0.2) is 70.8 Å². The van der Waals surface area contributed by atoms with E-state index in [-0.39, 0.29) is 25.1 Å². The minimum Gasteiger partial charge on any atom is -0.632 e. The molecule has 0 aromatic carbocycles. The van der Waals surface area contributed by atoms with E-state index < -0.39 is 46.9 Å². The number of carbonyl (C=O) groups is 2. The van der Waals surface area contributed by atoms with Crippen LogP contribution in [0.1, 0.15) is 26.7 Å². The maximum atomic E-state index is 12.9. The van der Waals surface area contributed by atoms with Gasteiger partial charge in [-0.05, 0) is 19.4 Å². The molecule has 0 bridgehead atoms. The van der Waals surface area contributed by atoms with Crippen LogP contribution in [-0.2, 0) is 19.1 Å². The molecule has 0 spiro atoms. The van der Waals surface area contributed by atoms with Crippen LogP contribution in [0.5, 0.6) is 0 Å². The lowest BCUT2D eigenvalue weighted by Crippen LogP contribution is -2.51. The van der Waals surface area contributed by atoms with Gasteiger partial charge in [-0.15, -0.1) is 0 Å². The van der Waals surface area contributed by atoms with Crippen LogP contribution in [0.25, 0.3) is 0 Å². The number of hydroxylamine groups is 3. The third-order valence-electron chi connectivity index (χ3n) is 5.87. The first-order chi connectivity index (χ1) is 12.2. The number of cyclic esters (lactones) is 1. The van der Waals surface area contributed by atoms with E-state index in [4.69, 9.17) is 9.47 Å². The summed E-state index contributed by atoms with van der Waals surface area (Å²) in [6, 6.07) is -0.594. The maximum Gasteiger partial charge on any atom is 0.341 e. The molecule has 3 aliphatic rings.